The minimum Gasteiger partial charge on any atom is -0.503 e. The molecule has 21 heavy (non-hydrogen) atoms. The first-order chi connectivity index (χ1) is 10.1. The highest BCUT2D eigenvalue weighted by atomic mass is 35.5. The van der Waals surface area contributed by atoms with Crippen LogP contribution in [-0.2, 0) is 0 Å². The molecule has 0 saturated heterocycles. The third-order valence-electron chi connectivity index (χ3n) is 2.80. The smallest absolute Gasteiger partial charge is 0.180 e. The Kier molecular flexibility index (Phi) is 3.26. The van der Waals surface area contributed by atoms with Crippen LogP contribution in [-0.4, -0.2) is 24.9 Å². The molecule has 3 aromatic rings. The molecular weight excluding hydrogens is 302 g/mol. The highest BCUT2D eigenvalue weighted by Gasteiger charge is 2.16. The van der Waals surface area contributed by atoms with Gasteiger partial charge in [-0.15, -0.1) is 0 Å². The second-order valence-corrected chi connectivity index (χ2v) is 4.46. The van der Waals surface area contributed by atoms with Crippen LogP contribution in [0.4, 0.5) is 8.78 Å². The Balaban J connectivity index is 2.11. The Morgan fingerprint density at radius 2 is 1.86 bits per heavy atom. The lowest BCUT2D eigenvalue weighted by Gasteiger charge is -2.04. The molecule has 3 rings (SSSR count). The summed E-state index contributed by atoms with van der Waals surface area (Å²) in [5.74, 6) is -1.84. The van der Waals surface area contributed by atoms with E-state index in [9.17, 15) is 13.9 Å². The Morgan fingerprint density at radius 1 is 1.14 bits per heavy atom. The van der Waals surface area contributed by atoms with Crippen LogP contribution in [0.3, 0.4) is 0 Å². The molecule has 0 aliphatic rings. The lowest BCUT2D eigenvalue weighted by Crippen LogP contribution is -2.01. The predicted molar refractivity (Wildman–Crippen MR) is 71.2 cm³/mol. The van der Waals surface area contributed by atoms with E-state index in [2.05, 4.69) is 15.1 Å². The maximum atomic E-state index is 13.7. The zero-order valence-corrected chi connectivity index (χ0v) is 11.1. The maximum absolute atomic E-state index is 13.7. The molecule has 0 radical (unpaired) electrons. The van der Waals surface area contributed by atoms with Crippen molar-refractivity contribution >= 4 is 11.6 Å². The van der Waals surface area contributed by atoms with Crippen LogP contribution < -0.4 is 0 Å². The molecule has 0 aliphatic carbocycles. The van der Waals surface area contributed by atoms with Gasteiger partial charge in [0.2, 0.25) is 0 Å². The van der Waals surface area contributed by atoms with E-state index in [0.717, 1.165) is 16.8 Å². The van der Waals surface area contributed by atoms with Gasteiger partial charge in [0.15, 0.2) is 22.5 Å². The lowest BCUT2D eigenvalue weighted by molar-refractivity contribution is 0.472. The Hall–Kier alpha value is -2.54. The van der Waals surface area contributed by atoms with Crippen LogP contribution in [0.1, 0.15) is 0 Å². The monoisotopic (exact) mass is 308 g/mol. The second-order valence-electron chi connectivity index (χ2n) is 4.11. The number of para-hydroxylation sites is 1. The molecule has 0 bridgehead atoms. The summed E-state index contributed by atoms with van der Waals surface area (Å²) in [5, 5.41) is 13.6. The van der Waals surface area contributed by atoms with E-state index < -0.39 is 11.6 Å². The number of hydrogen-bond acceptors (Lipinski definition) is 4. The maximum Gasteiger partial charge on any atom is 0.180 e. The Morgan fingerprint density at radius 3 is 2.57 bits per heavy atom. The summed E-state index contributed by atoms with van der Waals surface area (Å²) in [6.07, 6.45) is 3.81. The highest BCUT2D eigenvalue weighted by molar-refractivity contribution is 6.31. The number of rotatable bonds is 2. The van der Waals surface area contributed by atoms with Gasteiger partial charge in [-0.2, -0.15) is 5.10 Å². The molecule has 0 atom stereocenters. The molecule has 0 spiro atoms. The van der Waals surface area contributed by atoms with Crippen molar-refractivity contribution < 1.29 is 13.9 Å². The molecule has 2 heterocycles. The Bertz CT molecular complexity index is 801. The summed E-state index contributed by atoms with van der Waals surface area (Å²) < 4.78 is 28.4. The number of benzene rings is 1. The molecule has 2 aromatic heterocycles. The van der Waals surface area contributed by atoms with Crippen molar-refractivity contribution in [1.82, 2.24) is 19.7 Å². The van der Waals surface area contributed by atoms with Crippen LogP contribution in [0.2, 0.25) is 5.15 Å². The van der Waals surface area contributed by atoms with Gasteiger partial charge < -0.3 is 5.11 Å². The fraction of sp³-hybridized carbons (Fsp3) is 0. The number of halogens is 3. The fourth-order valence-corrected chi connectivity index (χ4v) is 1.98. The molecule has 0 amide bonds. The number of hydrogen-bond donors (Lipinski definition) is 1. The molecule has 106 valence electrons. The lowest BCUT2D eigenvalue weighted by atomic mass is 10.2. The normalized spacial score (nSPS) is 10.8. The summed E-state index contributed by atoms with van der Waals surface area (Å²) in [5.41, 5.74) is 0.154. The molecule has 0 unspecified atom stereocenters. The largest absolute Gasteiger partial charge is 0.503 e. The summed E-state index contributed by atoms with van der Waals surface area (Å²) >= 11 is 5.69. The molecule has 0 saturated carbocycles. The van der Waals surface area contributed by atoms with Crippen molar-refractivity contribution in [3.05, 3.63) is 53.7 Å². The number of nitrogens with zero attached hydrogens (tertiary/aromatic N) is 4. The summed E-state index contributed by atoms with van der Waals surface area (Å²) in [6, 6.07) is 3.51. The minimum absolute atomic E-state index is 0.121. The predicted octanol–water partition coefficient (Wildman–Crippen LogP) is 2.97. The molecule has 0 fully saturated rings. The summed E-state index contributed by atoms with van der Waals surface area (Å²) in [4.78, 5) is 7.49. The van der Waals surface area contributed by atoms with Gasteiger partial charge in [-0.05, 0) is 12.1 Å². The topological polar surface area (TPSA) is 63.8 Å². The van der Waals surface area contributed by atoms with Gasteiger partial charge in [-0.25, -0.2) is 23.4 Å². The van der Waals surface area contributed by atoms with Crippen molar-refractivity contribution in [3.8, 4) is 22.7 Å². The molecule has 1 aromatic carbocycles. The van der Waals surface area contributed by atoms with E-state index in [1.807, 2.05) is 0 Å². The zero-order chi connectivity index (χ0) is 15.0. The summed E-state index contributed by atoms with van der Waals surface area (Å²) in [7, 11) is 0. The highest BCUT2D eigenvalue weighted by Crippen LogP contribution is 2.31. The molecular formula is C13H7ClF2N4O. The van der Waals surface area contributed by atoms with Gasteiger partial charge in [-0.3, -0.25) is 0 Å². The molecule has 8 heteroatoms. The van der Waals surface area contributed by atoms with Crippen LogP contribution >= 0.6 is 11.6 Å². The number of aromatic nitrogens is 4. The van der Waals surface area contributed by atoms with Crippen LogP contribution in [0.15, 0.2) is 36.9 Å². The van der Waals surface area contributed by atoms with Gasteiger partial charge in [0.25, 0.3) is 0 Å². The van der Waals surface area contributed by atoms with E-state index in [0.29, 0.717) is 5.56 Å². The third-order valence-corrected chi connectivity index (χ3v) is 3.08. The van der Waals surface area contributed by atoms with Gasteiger partial charge in [0, 0.05) is 11.8 Å². The molecule has 0 aliphatic heterocycles. The fourth-order valence-electron chi connectivity index (χ4n) is 1.84. The van der Waals surface area contributed by atoms with Crippen LogP contribution in [0.5, 0.6) is 5.75 Å². The average molecular weight is 309 g/mol. The van der Waals surface area contributed by atoms with Crippen molar-refractivity contribution in [2.24, 2.45) is 0 Å². The van der Waals surface area contributed by atoms with E-state index >= 15 is 0 Å². The molecule has 5 nitrogen and oxygen atoms in total. The Labute approximate surface area is 122 Å². The summed E-state index contributed by atoms with van der Waals surface area (Å²) in [6.45, 7) is 0. The van der Waals surface area contributed by atoms with Crippen molar-refractivity contribution in [2.45, 2.75) is 0 Å². The van der Waals surface area contributed by atoms with E-state index in [-0.39, 0.29) is 22.3 Å². The first-order valence-electron chi connectivity index (χ1n) is 5.77. The van der Waals surface area contributed by atoms with Gasteiger partial charge >= 0.3 is 0 Å². The zero-order valence-electron chi connectivity index (χ0n) is 10.3. The third kappa shape index (κ3) is 2.31. The van der Waals surface area contributed by atoms with E-state index in [1.54, 1.807) is 0 Å². The van der Waals surface area contributed by atoms with Crippen molar-refractivity contribution in [2.75, 3.05) is 0 Å². The average Bonchev–Trinajstić information content (AvgIpc) is 2.91. The van der Waals surface area contributed by atoms with Gasteiger partial charge in [0.1, 0.15) is 17.7 Å². The minimum atomic E-state index is -0.755. The van der Waals surface area contributed by atoms with Gasteiger partial charge in [0.05, 0.1) is 6.20 Å². The SMILES string of the molecule is Oc1c(Cl)ncnc1-c1cnn(-c2c(F)cccc2F)c1. The standard InChI is InChI=1S/C13H7ClF2N4O/c14-13-12(21)10(17-6-18-13)7-4-19-20(5-7)11-8(15)2-1-3-9(11)16/h1-6,21H. The van der Waals surface area contributed by atoms with E-state index in [4.69, 9.17) is 11.6 Å². The van der Waals surface area contributed by atoms with E-state index in [1.165, 1.54) is 24.8 Å². The molecule has 1 N–H and O–H groups in total. The van der Waals surface area contributed by atoms with Crippen LogP contribution in [0, 0.1) is 11.6 Å². The van der Waals surface area contributed by atoms with Crippen LogP contribution in [0.25, 0.3) is 16.9 Å². The first-order valence-corrected chi connectivity index (χ1v) is 6.14. The first kappa shape index (κ1) is 13.4. The second kappa shape index (κ2) is 5.10. The quantitative estimate of drug-likeness (QED) is 0.739. The van der Waals surface area contributed by atoms with Crippen molar-refractivity contribution in [3.63, 3.8) is 0 Å². The van der Waals surface area contributed by atoms with Gasteiger partial charge in [-0.1, -0.05) is 17.7 Å². The van der Waals surface area contributed by atoms with Crippen molar-refractivity contribution in [1.29, 1.82) is 0 Å². The number of aromatic hydroxyl groups is 1.